The van der Waals surface area contributed by atoms with Gasteiger partial charge in [0.2, 0.25) is 5.91 Å². The van der Waals surface area contributed by atoms with Crippen LogP contribution in [0.2, 0.25) is 0 Å². The van der Waals surface area contributed by atoms with Gasteiger partial charge < -0.3 is 0 Å². The summed E-state index contributed by atoms with van der Waals surface area (Å²) >= 11 is 3.35. The van der Waals surface area contributed by atoms with E-state index in [4.69, 9.17) is 0 Å². The first-order valence-electron chi connectivity index (χ1n) is 5.03. The summed E-state index contributed by atoms with van der Waals surface area (Å²) in [5.41, 5.74) is 0. The van der Waals surface area contributed by atoms with Crippen molar-refractivity contribution >= 4 is 27.7 Å². The maximum atomic E-state index is 11.7. The summed E-state index contributed by atoms with van der Waals surface area (Å²) in [4.78, 5) is 17.4. The zero-order chi connectivity index (χ0) is 11.3. The summed E-state index contributed by atoms with van der Waals surface area (Å²) in [6.07, 6.45) is 4.23. The van der Waals surface area contributed by atoms with Crippen LogP contribution in [0.1, 0.15) is 26.2 Å². The topological polar surface area (TPSA) is 33.2 Å². The normalized spacial score (nSPS) is 10.1. The molecule has 0 aromatic carbocycles. The van der Waals surface area contributed by atoms with Gasteiger partial charge in [0.1, 0.15) is 5.82 Å². The van der Waals surface area contributed by atoms with E-state index in [1.807, 2.05) is 12.1 Å². The van der Waals surface area contributed by atoms with Crippen LogP contribution in [0.5, 0.6) is 0 Å². The fraction of sp³-hybridized carbons (Fsp3) is 0.455. The lowest BCUT2D eigenvalue weighted by atomic mass is 10.2. The third kappa shape index (κ3) is 3.63. The number of amides is 1. The average Bonchev–Trinajstić information content (AvgIpc) is 2.24. The number of hydrogen-bond donors (Lipinski definition) is 0. The fourth-order valence-corrected chi connectivity index (χ4v) is 1.52. The van der Waals surface area contributed by atoms with E-state index in [1.54, 1.807) is 18.1 Å². The van der Waals surface area contributed by atoms with Gasteiger partial charge in [0.05, 0.1) is 0 Å². The molecule has 0 bridgehead atoms. The average molecular weight is 271 g/mol. The third-order valence-electron chi connectivity index (χ3n) is 2.17. The summed E-state index contributed by atoms with van der Waals surface area (Å²) in [6.45, 7) is 2.07. The minimum Gasteiger partial charge on any atom is -0.300 e. The van der Waals surface area contributed by atoms with Crippen LogP contribution in [-0.2, 0) is 4.79 Å². The molecule has 0 saturated heterocycles. The first-order valence-corrected chi connectivity index (χ1v) is 5.82. The van der Waals surface area contributed by atoms with Gasteiger partial charge in [-0.2, -0.15) is 0 Å². The van der Waals surface area contributed by atoms with Crippen molar-refractivity contribution in [2.45, 2.75) is 26.2 Å². The molecule has 1 amide bonds. The number of nitrogens with zero attached hydrogens (tertiary/aromatic N) is 2. The molecule has 0 saturated carbocycles. The number of carbonyl (C=O) groups is 1. The van der Waals surface area contributed by atoms with Crippen LogP contribution in [0.3, 0.4) is 0 Å². The number of carbonyl (C=O) groups excluding carboxylic acids is 1. The zero-order valence-corrected chi connectivity index (χ0v) is 10.6. The number of rotatable bonds is 4. The van der Waals surface area contributed by atoms with Crippen molar-refractivity contribution in [3.05, 3.63) is 22.8 Å². The maximum absolute atomic E-state index is 11.7. The predicted molar refractivity (Wildman–Crippen MR) is 64.9 cm³/mol. The molecule has 1 heterocycles. The number of anilines is 1. The Hall–Kier alpha value is -0.900. The van der Waals surface area contributed by atoms with Gasteiger partial charge in [0.15, 0.2) is 0 Å². The van der Waals surface area contributed by atoms with Gasteiger partial charge >= 0.3 is 0 Å². The summed E-state index contributed by atoms with van der Waals surface area (Å²) in [7, 11) is 1.76. The Morgan fingerprint density at radius 3 is 2.93 bits per heavy atom. The Morgan fingerprint density at radius 2 is 2.33 bits per heavy atom. The highest BCUT2D eigenvalue weighted by molar-refractivity contribution is 9.10. The van der Waals surface area contributed by atoms with Gasteiger partial charge in [0, 0.05) is 24.1 Å². The highest BCUT2D eigenvalue weighted by Crippen LogP contribution is 2.16. The quantitative estimate of drug-likeness (QED) is 0.843. The van der Waals surface area contributed by atoms with E-state index >= 15 is 0 Å². The lowest BCUT2D eigenvalue weighted by molar-refractivity contribution is -0.118. The number of pyridine rings is 1. The number of unbranched alkanes of at least 4 members (excludes halogenated alkanes) is 1. The minimum atomic E-state index is 0.113. The smallest absolute Gasteiger partial charge is 0.227 e. The molecule has 0 aliphatic rings. The largest absolute Gasteiger partial charge is 0.300 e. The molecule has 0 radical (unpaired) electrons. The Kier molecular flexibility index (Phi) is 4.75. The van der Waals surface area contributed by atoms with Crippen LogP contribution in [0.4, 0.5) is 5.82 Å². The first kappa shape index (κ1) is 12.2. The summed E-state index contributed by atoms with van der Waals surface area (Å²) in [5.74, 6) is 0.799. The minimum absolute atomic E-state index is 0.113. The Bertz CT molecular complexity index is 341. The molecular weight excluding hydrogens is 256 g/mol. The van der Waals surface area contributed by atoms with Crippen molar-refractivity contribution in [1.29, 1.82) is 0 Å². The number of aromatic nitrogens is 1. The van der Waals surface area contributed by atoms with E-state index in [1.165, 1.54) is 0 Å². The Morgan fingerprint density at radius 1 is 1.60 bits per heavy atom. The van der Waals surface area contributed by atoms with Gasteiger partial charge in [-0.15, -0.1) is 0 Å². The van der Waals surface area contributed by atoms with Crippen molar-refractivity contribution in [1.82, 2.24) is 4.98 Å². The molecule has 82 valence electrons. The van der Waals surface area contributed by atoms with Crippen LogP contribution >= 0.6 is 15.9 Å². The van der Waals surface area contributed by atoms with Gasteiger partial charge in [-0.05, 0) is 18.6 Å². The molecule has 0 fully saturated rings. The second kappa shape index (κ2) is 5.85. The lowest BCUT2D eigenvalue weighted by Gasteiger charge is -2.15. The van der Waals surface area contributed by atoms with Crippen molar-refractivity contribution in [3.63, 3.8) is 0 Å². The van der Waals surface area contributed by atoms with E-state index < -0.39 is 0 Å². The predicted octanol–water partition coefficient (Wildman–Crippen LogP) is 3.00. The molecule has 0 unspecified atom stereocenters. The van der Waals surface area contributed by atoms with Gasteiger partial charge in [0.25, 0.3) is 0 Å². The summed E-state index contributed by atoms with van der Waals surface area (Å²) < 4.78 is 0.933. The van der Waals surface area contributed by atoms with Gasteiger partial charge in [-0.25, -0.2) is 4.98 Å². The molecule has 3 nitrogen and oxygen atoms in total. The van der Waals surface area contributed by atoms with Crippen LogP contribution in [0.25, 0.3) is 0 Å². The van der Waals surface area contributed by atoms with Gasteiger partial charge in [-0.3, -0.25) is 9.69 Å². The molecule has 15 heavy (non-hydrogen) atoms. The first-order chi connectivity index (χ1) is 7.15. The van der Waals surface area contributed by atoms with Crippen molar-refractivity contribution in [2.75, 3.05) is 11.9 Å². The molecule has 0 aliphatic heterocycles. The lowest BCUT2D eigenvalue weighted by Crippen LogP contribution is -2.26. The van der Waals surface area contributed by atoms with Crippen molar-refractivity contribution in [3.8, 4) is 0 Å². The van der Waals surface area contributed by atoms with Crippen LogP contribution < -0.4 is 4.90 Å². The van der Waals surface area contributed by atoms with E-state index in [9.17, 15) is 4.79 Å². The molecule has 1 rings (SSSR count). The molecule has 0 atom stereocenters. The van der Waals surface area contributed by atoms with E-state index in [-0.39, 0.29) is 5.91 Å². The van der Waals surface area contributed by atoms with E-state index in [0.29, 0.717) is 12.2 Å². The number of halogens is 1. The van der Waals surface area contributed by atoms with Gasteiger partial charge in [-0.1, -0.05) is 29.3 Å². The molecule has 0 N–H and O–H groups in total. The molecule has 1 aromatic rings. The van der Waals surface area contributed by atoms with Crippen molar-refractivity contribution in [2.24, 2.45) is 0 Å². The summed E-state index contributed by atoms with van der Waals surface area (Å²) in [6, 6.07) is 3.68. The maximum Gasteiger partial charge on any atom is 0.227 e. The Labute approximate surface area is 98.6 Å². The molecule has 0 spiro atoms. The SMILES string of the molecule is CCCCC(=O)N(C)c1cc(Br)ccn1. The molecule has 1 aromatic heterocycles. The van der Waals surface area contributed by atoms with E-state index in [2.05, 4.69) is 27.8 Å². The highest BCUT2D eigenvalue weighted by Gasteiger charge is 2.11. The van der Waals surface area contributed by atoms with Crippen LogP contribution in [-0.4, -0.2) is 17.9 Å². The molecule has 0 aliphatic carbocycles. The Balaban J connectivity index is 2.67. The second-order valence-electron chi connectivity index (χ2n) is 3.39. The number of hydrogen-bond acceptors (Lipinski definition) is 2. The second-order valence-corrected chi connectivity index (χ2v) is 4.30. The molecular formula is C11H15BrN2O. The molecule has 4 heteroatoms. The monoisotopic (exact) mass is 270 g/mol. The summed E-state index contributed by atoms with van der Waals surface area (Å²) in [5, 5.41) is 0. The van der Waals surface area contributed by atoms with Crippen molar-refractivity contribution < 1.29 is 4.79 Å². The van der Waals surface area contributed by atoms with Crippen LogP contribution in [0, 0.1) is 0 Å². The highest BCUT2D eigenvalue weighted by atomic mass is 79.9. The third-order valence-corrected chi connectivity index (χ3v) is 2.66. The van der Waals surface area contributed by atoms with Crippen LogP contribution in [0.15, 0.2) is 22.8 Å². The zero-order valence-electron chi connectivity index (χ0n) is 9.03. The standard InChI is InChI=1S/C11H15BrN2O/c1-3-4-5-11(15)14(2)10-8-9(12)6-7-13-10/h6-8H,3-5H2,1-2H3. The fourth-order valence-electron chi connectivity index (χ4n) is 1.20. The van der Waals surface area contributed by atoms with E-state index in [0.717, 1.165) is 17.3 Å².